The Bertz CT molecular complexity index is 786. The second kappa shape index (κ2) is 8.09. The van der Waals surface area contributed by atoms with Gasteiger partial charge in [0.15, 0.2) is 0 Å². The Morgan fingerprint density at radius 2 is 2.08 bits per heavy atom. The fraction of sp³-hybridized carbons (Fsp3) is 0.278. The van der Waals surface area contributed by atoms with Crippen LogP contribution in [0.4, 0.5) is 0 Å². The Labute approximate surface area is 152 Å². The van der Waals surface area contributed by atoms with Crippen molar-refractivity contribution in [1.82, 2.24) is 20.4 Å². The summed E-state index contributed by atoms with van der Waals surface area (Å²) in [6.07, 6.45) is 4.59. The van der Waals surface area contributed by atoms with Crippen LogP contribution < -0.4 is 10.1 Å². The van der Waals surface area contributed by atoms with Gasteiger partial charge in [-0.05, 0) is 43.3 Å². The number of pyridine rings is 1. The molecule has 1 saturated heterocycles. The summed E-state index contributed by atoms with van der Waals surface area (Å²) in [5, 5.41) is 7.40. The van der Waals surface area contributed by atoms with E-state index in [1.165, 1.54) is 0 Å². The second-order valence-electron chi connectivity index (χ2n) is 5.82. The zero-order chi connectivity index (χ0) is 16.2. The lowest BCUT2D eigenvalue weighted by atomic mass is 10.1. The van der Waals surface area contributed by atoms with Crippen LogP contribution in [0.2, 0.25) is 0 Å². The Balaban J connectivity index is 0.00000182. The number of aromatic nitrogens is 3. The van der Waals surface area contributed by atoms with Gasteiger partial charge in [-0.15, -0.1) is 12.4 Å². The topological polar surface area (TPSA) is 73.1 Å². The predicted octanol–water partition coefficient (Wildman–Crippen LogP) is 3.21. The van der Waals surface area contributed by atoms with Crippen LogP contribution in [0.15, 0.2) is 53.3 Å². The molecule has 0 bridgehead atoms. The number of halogens is 1. The van der Waals surface area contributed by atoms with Crippen LogP contribution in [0.3, 0.4) is 0 Å². The van der Waals surface area contributed by atoms with Gasteiger partial charge >= 0.3 is 0 Å². The zero-order valence-electron chi connectivity index (χ0n) is 13.6. The summed E-state index contributed by atoms with van der Waals surface area (Å²) in [5.74, 6) is 2.46. The molecule has 4 rings (SSSR count). The van der Waals surface area contributed by atoms with E-state index >= 15 is 0 Å². The van der Waals surface area contributed by atoms with Crippen molar-refractivity contribution in [2.24, 2.45) is 0 Å². The molecule has 6 nitrogen and oxygen atoms in total. The van der Waals surface area contributed by atoms with Gasteiger partial charge in [0.05, 0.1) is 5.92 Å². The van der Waals surface area contributed by atoms with Crippen LogP contribution in [-0.4, -0.2) is 28.2 Å². The monoisotopic (exact) mass is 358 g/mol. The van der Waals surface area contributed by atoms with Crippen molar-refractivity contribution >= 4 is 12.4 Å². The first kappa shape index (κ1) is 17.4. The fourth-order valence-electron chi connectivity index (χ4n) is 2.73. The molecule has 0 unspecified atom stereocenters. The summed E-state index contributed by atoms with van der Waals surface area (Å²) in [6, 6.07) is 11.6. The molecule has 25 heavy (non-hydrogen) atoms. The molecule has 3 aromatic rings. The van der Waals surface area contributed by atoms with Crippen molar-refractivity contribution in [3.8, 4) is 17.1 Å². The molecule has 1 fully saturated rings. The SMILES string of the molecule is Cl.c1cncc(COc2ccc(-c3noc([C@H]4CCNC4)n3)cc2)c1. The summed E-state index contributed by atoms with van der Waals surface area (Å²) in [6.45, 7) is 2.41. The van der Waals surface area contributed by atoms with Crippen LogP contribution in [0.5, 0.6) is 5.75 Å². The molecule has 2 aromatic heterocycles. The minimum Gasteiger partial charge on any atom is -0.489 e. The quantitative estimate of drug-likeness (QED) is 0.755. The first-order valence-corrected chi connectivity index (χ1v) is 8.05. The van der Waals surface area contributed by atoms with Crippen molar-refractivity contribution in [1.29, 1.82) is 0 Å². The molecule has 7 heteroatoms. The van der Waals surface area contributed by atoms with Gasteiger partial charge in [-0.3, -0.25) is 4.98 Å². The van der Waals surface area contributed by atoms with E-state index in [2.05, 4.69) is 20.4 Å². The lowest BCUT2D eigenvalue weighted by molar-refractivity contribution is 0.306. The maximum Gasteiger partial charge on any atom is 0.231 e. The van der Waals surface area contributed by atoms with Crippen LogP contribution in [-0.2, 0) is 6.61 Å². The first-order chi connectivity index (χ1) is 11.9. The van der Waals surface area contributed by atoms with Gasteiger partial charge in [0.2, 0.25) is 11.7 Å². The Morgan fingerprint density at radius 3 is 2.80 bits per heavy atom. The lowest BCUT2D eigenvalue weighted by Gasteiger charge is -2.06. The number of benzene rings is 1. The predicted molar refractivity (Wildman–Crippen MR) is 95.8 cm³/mol. The highest BCUT2D eigenvalue weighted by Gasteiger charge is 2.22. The molecule has 0 saturated carbocycles. The van der Waals surface area contributed by atoms with Crippen molar-refractivity contribution < 1.29 is 9.26 Å². The Kier molecular flexibility index (Phi) is 5.63. The number of nitrogens with one attached hydrogen (secondary N) is 1. The van der Waals surface area contributed by atoms with Gasteiger partial charge in [0.25, 0.3) is 0 Å². The molecule has 0 amide bonds. The van der Waals surface area contributed by atoms with Gasteiger partial charge in [-0.2, -0.15) is 4.98 Å². The van der Waals surface area contributed by atoms with Crippen LogP contribution >= 0.6 is 12.4 Å². The van der Waals surface area contributed by atoms with Crippen LogP contribution in [0.25, 0.3) is 11.4 Å². The third kappa shape index (κ3) is 4.15. The normalized spacial score (nSPS) is 16.4. The number of hydrogen-bond acceptors (Lipinski definition) is 6. The summed E-state index contributed by atoms with van der Waals surface area (Å²) in [7, 11) is 0. The van der Waals surface area contributed by atoms with E-state index in [1.54, 1.807) is 12.4 Å². The third-order valence-corrected chi connectivity index (χ3v) is 4.09. The van der Waals surface area contributed by atoms with E-state index in [-0.39, 0.29) is 12.4 Å². The smallest absolute Gasteiger partial charge is 0.231 e. The highest BCUT2D eigenvalue weighted by molar-refractivity contribution is 5.85. The Hall–Kier alpha value is -2.44. The lowest BCUT2D eigenvalue weighted by Crippen LogP contribution is -2.08. The Morgan fingerprint density at radius 1 is 1.20 bits per heavy atom. The molecular weight excluding hydrogens is 340 g/mol. The van der Waals surface area contributed by atoms with Crippen LogP contribution in [0.1, 0.15) is 23.8 Å². The molecule has 0 spiro atoms. The van der Waals surface area contributed by atoms with Crippen molar-refractivity contribution in [2.45, 2.75) is 18.9 Å². The molecule has 1 aliphatic rings. The fourth-order valence-corrected chi connectivity index (χ4v) is 2.73. The average molecular weight is 359 g/mol. The van der Waals surface area contributed by atoms with Crippen molar-refractivity contribution in [3.63, 3.8) is 0 Å². The highest BCUT2D eigenvalue weighted by atomic mass is 35.5. The average Bonchev–Trinajstić information content (AvgIpc) is 3.33. The van der Waals surface area contributed by atoms with Gasteiger partial charge in [-0.1, -0.05) is 11.2 Å². The molecular formula is C18H19ClN4O2. The number of rotatable bonds is 5. The van der Waals surface area contributed by atoms with E-state index in [4.69, 9.17) is 9.26 Å². The van der Waals surface area contributed by atoms with E-state index in [1.807, 2.05) is 36.4 Å². The number of ether oxygens (including phenoxy) is 1. The summed E-state index contributed by atoms with van der Waals surface area (Å²) < 4.78 is 11.2. The second-order valence-corrected chi connectivity index (χ2v) is 5.82. The molecule has 1 aromatic carbocycles. The molecule has 0 aliphatic carbocycles. The minimum absolute atomic E-state index is 0. The van der Waals surface area contributed by atoms with E-state index in [0.717, 1.165) is 36.4 Å². The number of hydrogen-bond donors (Lipinski definition) is 1. The molecule has 0 radical (unpaired) electrons. The van der Waals surface area contributed by atoms with Crippen LogP contribution in [0, 0.1) is 0 Å². The standard InChI is InChI=1S/C18H18N4O2.ClH/c1-2-13(10-19-8-1)12-23-16-5-3-14(4-6-16)17-21-18(24-22-17)15-7-9-20-11-15;/h1-6,8,10,15,20H,7,9,11-12H2;1H/t15-;/m0./s1. The molecule has 1 N–H and O–H groups in total. The largest absolute Gasteiger partial charge is 0.489 e. The summed E-state index contributed by atoms with van der Waals surface area (Å²) in [4.78, 5) is 8.59. The van der Waals surface area contributed by atoms with E-state index < -0.39 is 0 Å². The van der Waals surface area contributed by atoms with Crippen molar-refractivity contribution in [2.75, 3.05) is 13.1 Å². The zero-order valence-corrected chi connectivity index (χ0v) is 14.4. The maximum atomic E-state index is 5.76. The maximum absolute atomic E-state index is 5.76. The summed E-state index contributed by atoms with van der Waals surface area (Å²) >= 11 is 0. The van der Waals surface area contributed by atoms with Crippen molar-refractivity contribution in [3.05, 3.63) is 60.2 Å². The minimum atomic E-state index is 0. The van der Waals surface area contributed by atoms with Gasteiger partial charge in [0.1, 0.15) is 12.4 Å². The molecule has 1 aliphatic heterocycles. The van der Waals surface area contributed by atoms with Gasteiger partial charge in [-0.25, -0.2) is 0 Å². The van der Waals surface area contributed by atoms with Gasteiger partial charge < -0.3 is 14.6 Å². The molecule has 130 valence electrons. The van der Waals surface area contributed by atoms with E-state index in [0.29, 0.717) is 24.2 Å². The molecule has 3 heterocycles. The van der Waals surface area contributed by atoms with E-state index in [9.17, 15) is 0 Å². The third-order valence-electron chi connectivity index (χ3n) is 4.09. The highest BCUT2D eigenvalue weighted by Crippen LogP contribution is 2.25. The summed E-state index contributed by atoms with van der Waals surface area (Å²) in [5.41, 5.74) is 1.96. The van der Waals surface area contributed by atoms with Gasteiger partial charge in [0, 0.05) is 30.1 Å². The first-order valence-electron chi connectivity index (χ1n) is 8.05. The number of nitrogens with zero attached hydrogens (tertiary/aromatic N) is 3. The molecule has 1 atom stereocenters.